The molecule has 4 aromatic rings. The highest BCUT2D eigenvalue weighted by Crippen LogP contribution is 2.47. The van der Waals surface area contributed by atoms with Crippen LogP contribution in [0, 0.1) is 6.92 Å². The zero-order valence-corrected chi connectivity index (χ0v) is 16.5. The fraction of sp³-hybridized carbons (Fsp3) is 0.240. The highest BCUT2D eigenvalue weighted by atomic mass is 16.5. The van der Waals surface area contributed by atoms with E-state index in [1.54, 1.807) is 6.20 Å². The van der Waals surface area contributed by atoms with Gasteiger partial charge < -0.3 is 9.15 Å². The van der Waals surface area contributed by atoms with Gasteiger partial charge in [-0.2, -0.15) is 0 Å². The lowest BCUT2D eigenvalue weighted by Crippen LogP contribution is -2.23. The minimum Gasteiger partial charge on any atom is -0.425 e. The van der Waals surface area contributed by atoms with Crippen molar-refractivity contribution in [3.8, 4) is 5.75 Å². The van der Waals surface area contributed by atoms with Crippen LogP contribution in [-0.2, 0) is 17.6 Å². The molecule has 0 saturated carbocycles. The first-order valence-corrected chi connectivity index (χ1v) is 10.3. The van der Waals surface area contributed by atoms with Crippen LogP contribution < -0.4 is 10.4 Å². The van der Waals surface area contributed by atoms with Gasteiger partial charge in [0.05, 0.1) is 17.3 Å². The summed E-state index contributed by atoms with van der Waals surface area (Å²) in [6.45, 7) is 1.99. The molecule has 0 spiro atoms. The van der Waals surface area contributed by atoms with Crippen LogP contribution in [0.25, 0.3) is 21.9 Å². The molecule has 0 amide bonds. The van der Waals surface area contributed by atoms with E-state index in [1.165, 1.54) is 0 Å². The maximum absolute atomic E-state index is 12.7. The lowest BCUT2D eigenvalue weighted by molar-refractivity contribution is -0.135. The van der Waals surface area contributed by atoms with E-state index in [9.17, 15) is 9.59 Å². The van der Waals surface area contributed by atoms with E-state index in [1.807, 2.05) is 37.3 Å². The van der Waals surface area contributed by atoms with Gasteiger partial charge in [0.25, 0.3) is 0 Å². The van der Waals surface area contributed by atoms with Gasteiger partial charge in [-0.1, -0.05) is 12.1 Å². The van der Waals surface area contributed by atoms with Gasteiger partial charge in [0.15, 0.2) is 0 Å². The predicted octanol–water partition coefficient (Wildman–Crippen LogP) is 4.58. The second-order valence-corrected chi connectivity index (χ2v) is 8.20. The Morgan fingerprint density at radius 2 is 1.93 bits per heavy atom. The molecule has 2 aromatic carbocycles. The minimum atomic E-state index is -0.268. The maximum Gasteiger partial charge on any atom is 0.339 e. The van der Waals surface area contributed by atoms with Gasteiger partial charge in [0.1, 0.15) is 11.3 Å². The summed E-state index contributed by atoms with van der Waals surface area (Å²) in [6, 6.07) is 12.0. The summed E-state index contributed by atoms with van der Waals surface area (Å²) < 4.78 is 11.4. The largest absolute Gasteiger partial charge is 0.425 e. The third-order valence-corrected chi connectivity index (χ3v) is 6.42. The monoisotopic (exact) mass is 397 g/mol. The van der Waals surface area contributed by atoms with Gasteiger partial charge in [-0.05, 0) is 67.1 Å². The van der Waals surface area contributed by atoms with E-state index in [2.05, 4.69) is 11.1 Å². The van der Waals surface area contributed by atoms with E-state index < -0.39 is 0 Å². The Balaban J connectivity index is 1.64. The van der Waals surface area contributed by atoms with Crippen LogP contribution in [0.2, 0.25) is 0 Å². The fourth-order valence-corrected chi connectivity index (χ4v) is 5.10. The van der Waals surface area contributed by atoms with Crippen LogP contribution in [0.1, 0.15) is 46.6 Å². The van der Waals surface area contributed by atoms with Crippen LogP contribution in [0.4, 0.5) is 0 Å². The van der Waals surface area contributed by atoms with Crippen molar-refractivity contribution in [3.05, 3.63) is 80.8 Å². The number of pyridine rings is 1. The van der Waals surface area contributed by atoms with Crippen LogP contribution in [0.15, 0.2) is 51.8 Å². The zero-order valence-electron chi connectivity index (χ0n) is 16.5. The molecule has 2 aliphatic rings. The Morgan fingerprint density at radius 1 is 1.07 bits per heavy atom. The quantitative estimate of drug-likeness (QED) is 0.267. The van der Waals surface area contributed by atoms with Gasteiger partial charge in [-0.3, -0.25) is 9.78 Å². The summed E-state index contributed by atoms with van der Waals surface area (Å²) in [5.74, 6) is 0.197. The Bertz CT molecular complexity index is 1430. The van der Waals surface area contributed by atoms with Gasteiger partial charge in [0, 0.05) is 28.6 Å². The summed E-state index contributed by atoms with van der Waals surface area (Å²) in [5.41, 5.74) is 5.90. The van der Waals surface area contributed by atoms with Crippen molar-refractivity contribution >= 4 is 27.8 Å². The summed E-state index contributed by atoms with van der Waals surface area (Å²) in [5, 5.41) is 1.84. The Hall–Kier alpha value is -3.47. The fourth-order valence-electron chi connectivity index (χ4n) is 5.10. The first kappa shape index (κ1) is 17.4. The maximum atomic E-state index is 12.7. The number of fused-ring (bicyclic) bond motifs is 6. The molecule has 1 aliphatic carbocycles. The van der Waals surface area contributed by atoms with Gasteiger partial charge in [-0.25, -0.2) is 4.79 Å². The third-order valence-electron chi connectivity index (χ3n) is 6.42. The molecule has 1 unspecified atom stereocenters. The average Bonchev–Trinajstić information content (AvgIpc) is 3.23. The minimum absolute atomic E-state index is 0.112. The highest BCUT2D eigenvalue weighted by Gasteiger charge is 2.34. The van der Waals surface area contributed by atoms with Gasteiger partial charge in [0.2, 0.25) is 0 Å². The normalized spacial score (nSPS) is 17.8. The van der Waals surface area contributed by atoms with Crippen LogP contribution in [0.3, 0.4) is 0 Å². The number of rotatable bonds is 1. The highest BCUT2D eigenvalue weighted by molar-refractivity contribution is 5.95. The first-order valence-electron chi connectivity index (χ1n) is 10.3. The molecule has 0 saturated heterocycles. The predicted molar refractivity (Wildman–Crippen MR) is 113 cm³/mol. The number of carbonyl (C=O) groups excluding carboxylic acids is 1. The number of aryl methyl sites for hydroxylation is 2. The van der Waals surface area contributed by atoms with E-state index in [0.29, 0.717) is 17.8 Å². The van der Waals surface area contributed by atoms with Crippen LogP contribution in [-0.4, -0.2) is 11.0 Å². The number of nitrogens with zero attached hydrogens (tertiary/aromatic N) is 1. The molecule has 2 aromatic heterocycles. The topological polar surface area (TPSA) is 69.4 Å². The van der Waals surface area contributed by atoms with E-state index >= 15 is 0 Å². The summed E-state index contributed by atoms with van der Waals surface area (Å²) in [4.78, 5) is 29.5. The van der Waals surface area contributed by atoms with Crippen molar-refractivity contribution in [2.24, 2.45) is 0 Å². The molecule has 0 fully saturated rings. The summed E-state index contributed by atoms with van der Waals surface area (Å²) in [6.07, 6.45) is 4.49. The second-order valence-electron chi connectivity index (χ2n) is 8.20. The number of hydrogen-bond donors (Lipinski definition) is 0. The molecular weight excluding hydrogens is 378 g/mol. The lowest BCUT2D eigenvalue weighted by Gasteiger charge is -2.28. The second kappa shape index (κ2) is 6.26. The number of esters is 1. The Morgan fingerprint density at radius 3 is 2.83 bits per heavy atom. The van der Waals surface area contributed by atoms with E-state index in [4.69, 9.17) is 9.15 Å². The van der Waals surface area contributed by atoms with Crippen molar-refractivity contribution in [2.75, 3.05) is 0 Å². The summed E-state index contributed by atoms with van der Waals surface area (Å²) in [7, 11) is 0. The van der Waals surface area contributed by atoms with Crippen molar-refractivity contribution in [1.29, 1.82) is 0 Å². The molecule has 148 valence electrons. The number of benzene rings is 2. The number of carbonyl (C=O) groups is 1. The number of ether oxygens (including phenoxy) is 1. The van der Waals surface area contributed by atoms with Crippen molar-refractivity contribution in [1.82, 2.24) is 4.98 Å². The molecule has 1 aliphatic heterocycles. The standard InChI is InChI=1S/C25H19NO4/c1-13-10-20-23(16-5-2-6-17(16)25(28)29-20)24-22(13)18(12-21(27)30-24)14-7-8-19-15(11-14)4-3-9-26-19/h3-4,7-11,18H,2,5-6,12H2,1H3. The molecule has 0 radical (unpaired) electrons. The molecule has 0 N–H and O–H groups in total. The molecule has 1 atom stereocenters. The number of aromatic nitrogens is 1. The third kappa shape index (κ3) is 2.45. The van der Waals surface area contributed by atoms with Gasteiger partial charge >= 0.3 is 11.6 Å². The molecule has 6 rings (SSSR count). The average molecular weight is 397 g/mol. The molecule has 3 heterocycles. The molecule has 0 bridgehead atoms. The molecular formula is C25H19NO4. The van der Waals surface area contributed by atoms with Crippen molar-refractivity contribution < 1.29 is 13.9 Å². The smallest absolute Gasteiger partial charge is 0.339 e. The first-order chi connectivity index (χ1) is 14.6. The lowest BCUT2D eigenvalue weighted by atomic mass is 9.82. The molecule has 5 nitrogen and oxygen atoms in total. The Kier molecular flexibility index (Phi) is 3.63. The van der Waals surface area contributed by atoms with Crippen LogP contribution in [0.5, 0.6) is 5.75 Å². The van der Waals surface area contributed by atoms with E-state index in [-0.39, 0.29) is 23.9 Å². The molecule has 5 heteroatoms. The SMILES string of the molecule is Cc1cc2oc(=O)c3c(c2c2c1C(c1ccc4ncccc4c1)CC(=O)O2)CCC3. The zero-order chi connectivity index (χ0) is 20.4. The van der Waals surface area contributed by atoms with Gasteiger partial charge in [-0.15, -0.1) is 0 Å². The van der Waals surface area contributed by atoms with E-state index in [0.717, 1.165) is 56.9 Å². The van der Waals surface area contributed by atoms with Crippen molar-refractivity contribution in [3.63, 3.8) is 0 Å². The van der Waals surface area contributed by atoms with Crippen molar-refractivity contribution in [2.45, 2.75) is 38.5 Å². The van der Waals surface area contributed by atoms with Crippen LogP contribution >= 0.6 is 0 Å². The number of hydrogen-bond acceptors (Lipinski definition) is 5. The molecule has 30 heavy (non-hydrogen) atoms. The summed E-state index contributed by atoms with van der Waals surface area (Å²) >= 11 is 0. The Labute approximate surface area is 172 Å².